The topological polar surface area (TPSA) is 12.4 Å². The van der Waals surface area contributed by atoms with E-state index in [0.29, 0.717) is 0 Å². The zero-order chi connectivity index (χ0) is 13.8. The molecule has 0 unspecified atom stereocenters. The summed E-state index contributed by atoms with van der Waals surface area (Å²) >= 11 is 0. The number of fused-ring (bicyclic) bond motifs is 3. The fourth-order valence-electron chi connectivity index (χ4n) is 2.89. The maximum absolute atomic E-state index is 4.94. The summed E-state index contributed by atoms with van der Waals surface area (Å²) in [5.74, 6) is 0. The van der Waals surface area contributed by atoms with E-state index in [1.807, 2.05) is 0 Å². The van der Waals surface area contributed by atoms with E-state index in [0.717, 1.165) is 18.5 Å². The van der Waals surface area contributed by atoms with Gasteiger partial charge in [-0.1, -0.05) is 62.2 Å². The highest BCUT2D eigenvalue weighted by Gasteiger charge is 2.15. The van der Waals surface area contributed by atoms with Crippen molar-refractivity contribution >= 4 is 11.4 Å². The van der Waals surface area contributed by atoms with Gasteiger partial charge >= 0.3 is 0 Å². The third-order valence-electron chi connectivity index (χ3n) is 3.95. The second-order valence-corrected chi connectivity index (χ2v) is 5.49. The highest BCUT2D eigenvalue weighted by Crippen LogP contribution is 2.35. The molecule has 2 aromatic carbocycles. The lowest BCUT2D eigenvalue weighted by Gasteiger charge is -2.07. The van der Waals surface area contributed by atoms with Gasteiger partial charge < -0.3 is 0 Å². The summed E-state index contributed by atoms with van der Waals surface area (Å²) in [5.41, 5.74) is 6.48. The minimum Gasteiger partial charge on any atom is -0.257 e. The van der Waals surface area contributed by atoms with Crippen LogP contribution in [0.4, 0.5) is 5.69 Å². The average molecular weight is 263 g/mol. The van der Waals surface area contributed by atoms with E-state index in [9.17, 15) is 0 Å². The molecule has 0 saturated carbocycles. The van der Waals surface area contributed by atoms with Crippen molar-refractivity contribution in [3.05, 3.63) is 54.1 Å². The molecule has 1 aliphatic heterocycles. The van der Waals surface area contributed by atoms with Crippen LogP contribution in [0.3, 0.4) is 0 Å². The molecule has 102 valence electrons. The fourth-order valence-corrected chi connectivity index (χ4v) is 2.89. The largest absolute Gasteiger partial charge is 0.257 e. The van der Waals surface area contributed by atoms with E-state index >= 15 is 0 Å². The number of hydrogen-bond donors (Lipinski definition) is 0. The highest BCUT2D eigenvalue weighted by molar-refractivity contribution is 5.95. The van der Waals surface area contributed by atoms with E-state index in [1.165, 1.54) is 41.7 Å². The minimum atomic E-state index is 0.995. The molecule has 0 atom stereocenters. The van der Waals surface area contributed by atoms with E-state index < -0.39 is 0 Å². The van der Waals surface area contributed by atoms with Crippen LogP contribution in [0.15, 0.2) is 53.5 Å². The maximum Gasteiger partial charge on any atom is 0.0707 e. The SMILES string of the molecule is CCCCCC1=Nc2ccccc2-c2ccccc2C1. The summed E-state index contributed by atoms with van der Waals surface area (Å²) in [4.78, 5) is 4.94. The Labute approximate surface area is 121 Å². The Morgan fingerprint density at radius 2 is 1.65 bits per heavy atom. The average Bonchev–Trinajstić information content (AvgIpc) is 2.64. The number of hydrogen-bond acceptors (Lipinski definition) is 1. The Bertz CT molecular complexity index is 625. The molecule has 0 amide bonds. The lowest BCUT2D eigenvalue weighted by molar-refractivity contribution is 0.739. The highest BCUT2D eigenvalue weighted by atomic mass is 14.8. The van der Waals surface area contributed by atoms with E-state index in [1.54, 1.807) is 0 Å². The van der Waals surface area contributed by atoms with Crippen LogP contribution in [-0.4, -0.2) is 5.71 Å². The van der Waals surface area contributed by atoms with Gasteiger partial charge in [0.15, 0.2) is 0 Å². The Morgan fingerprint density at radius 1 is 0.900 bits per heavy atom. The van der Waals surface area contributed by atoms with Gasteiger partial charge in [-0.15, -0.1) is 0 Å². The Balaban J connectivity index is 2.00. The van der Waals surface area contributed by atoms with Crippen LogP contribution < -0.4 is 0 Å². The molecule has 1 aliphatic rings. The first-order valence-electron chi connectivity index (χ1n) is 7.62. The molecule has 0 bridgehead atoms. The van der Waals surface area contributed by atoms with Crippen molar-refractivity contribution in [3.63, 3.8) is 0 Å². The van der Waals surface area contributed by atoms with Crippen LogP contribution in [0.1, 0.15) is 38.2 Å². The number of nitrogens with zero attached hydrogens (tertiary/aromatic N) is 1. The maximum atomic E-state index is 4.94. The zero-order valence-electron chi connectivity index (χ0n) is 12.1. The van der Waals surface area contributed by atoms with Gasteiger partial charge in [0.25, 0.3) is 0 Å². The van der Waals surface area contributed by atoms with Crippen molar-refractivity contribution in [2.24, 2.45) is 4.99 Å². The van der Waals surface area contributed by atoms with Crippen molar-refractivity contribution in [3.8, 4) is 11.1 Å². The number of benzene rings is 2. The second-order valence-electron chi connectivity index (χ2n) is 5.49. The number of rotatable bonds is 4. The van der Waals surface area contributed by atoms with Crippen LogP contribution >= 0.6 is 0 Å². The zero-order valence-corrected chi connectivity index (χ0v) is 12.1. The molecule has 20 heavy (non-hydrogen) atoms. The molecular formula is C19H21N. The molecule has 0 spiro atoms. The van der Waals surface area contributed by atoms with E-state index in [2.05, 4.69) is 55.5 Å². The molecular weight excluding hydrogens is 242 g/mol. The van der Waals surface area contributed by atoms with Crippen molar-refractivity contribution in [2.75, 3.05) is 0 Å². The molecule has 0 aromatic heterocycles. The quantitative estimate of drug-likeness (QED) is 0.640. The van der Waals surface area contributed by atoms with Crippen LogP contribution in [0.25, 0.3) is 11.1 Å². The Hall–Kier alpha value is -1.89. The normalized spacial score (nSPS) is 13.2. The first-order valence-corrected chi connectivity index (χ1v) is 7.62. The Kier molecular flexibility index (Phi) is 3.96. The number of para-hydroxylation sites is 1. The summed E-state index contributed by atoms with van der Waals surface area (Å²) < 4.78 is 0. The molecule has 0 saturated heterocycles. The molecule has 0 N–H and O–H groups in total. The van der Waals surface area contributed by atoms with Crippen LogP contribution in [-0.2, 0) is 6.42 Å². The molecule has 1 nitrogen and oxygen atoms in total. The summed E-state index contributed by atoms with van der Waals surface area (Å²) in [6.07, 6.45) is 5.92. The lowest BCUT2D eigenvalue weighted by atomic mass is 9.96. The molecule has 1 heterocycles. The second kappa shape index (κ2) is 6.04. The van der Waals surface area contributed by atoms with Gasteiger partial charge in [-0.3, -0.25) is 4.99 Å². The smallest absolute Gasteiger partial charge is 0.0707 e. The monoisotopic (exact) mass is 263 g/mol. The fraction of sp³-hybridized carbons (Fsp3) is 0.316. The Morgan fingerprint density at radius 3 is 2.50 bits per heavy atom. The van der Waals surface area contributed by atoms with Crippen molar-refractivity contribution in [2.45, 2.75) is 39.0 Å². The molecule has 0 radical (unpaired) electrons. The van der Waals surface area contributed by atoms with Crippen LogP contribution in [0, 0.1) is 0 Å². The van der Waals surface area contributed by atoms with E-state index in [-0.39, 0.29) is 0 Å². The van der Waals surface area contributed by atoms with Crippen molar-refractivity contribution < 1.29 is 0 Å². The summed E-state index contributed by atoms with van der Waals surface area (Å²) in [6, 6.07) is 17.2. The predicted molar refractivity (Wildman–Crippen MR) is 86.8 cm³/mol. The van der Waals surface area contributed by atoms with Crippen LogP contribution in [0.5, 0.6) is 0 Å². The molecule has 2 aromatic rings. The van der Waals surface area contributed by atoms with Crippen molar-refractivity contribution in [1.29, 1.82) is 0 Å². The van der Waals surface area contributed by atoms with Gasteiger partial charge in [0.2, 0.25) is 0 Å². The molecule has 3 rings (SSSR count). The third-order valence-corrected chi connectivity index (χ3v) is 3.95. The van der Waals surface area contributed by atoms with Crippen molar-refractivity contribution in [1.82, 2.24) is 0 Å². The van der Waals surface area contributed by atoms with Crippen LogP contribution in [0.2, 0.25) is 0 Å². The first-order chi connectivity index (χ1) is 9.88. The van der Waals surface area contributed by atoms with Gasteiger partial charge in [-0.2, -0.15) is 0 Å². The van der Waals surface area contributed by atoms with Gasteiger partial charge in [0.05, 0.1) is 5.69 Å². The lowest BCUT2D eigenvalue weighted by Crippen LogP contribution is -2.02. The van der Waals surface area contributed by atoms with Gasteiger partial charge in [-0.05, 0) is 30.0 Å². The summed E-state index contributed by atoms with van der Waals surface area (Å²) in [7, 11) is 0. The summed E-state index contributed by atoms with van der Waals surface area (Å²) in [6.45, 7) is 2.25. The number of aliphatic imine (C=N–C) groups is 1. The molecule has 0 fully saturated rings. The van der Waals surface area contributed by atoms with E-state index in [4.69, 9.17) is 4.99 Å². The standard InChI is InChI=1S/C19H21N/c1-2-3-4-10-16-14-15-9-5-6-11-17(15)18-12-7-8-13-19(18)20-16/h5-9,11-13H,2-4,10,14H2,1H3. The van der Waals surface area contributed by atoms with Gasteiger partial charge in [0, 0.05) is 17.7 Å². The summed E-state index contributed by atoms with van der Waals surface area (Å²) in [5, 5.41) is 0. The minimum absolute atomic E-state index is 0.995. The number of unbranched alkanes of at least 4 members (excludes halogenated alkanes) is 2. The van der Waals surface area contributed by atoms with Gasteiger partial charge in [-0.25, -0.2) is 0 Å². The molecule has 1 heteroatoms. The molecule has 0 aliphatic carbocycles. The predicted octanol–water partition coefficient (Wildman–Crippen LogP) is 5.56. The third kappa shape index (κ3) is 2.67. The first kappa shape index (κ1) is 13.1. The van der Waals surface area contributed by atoms with Gasteiger partial charge in [0.1, 0.15) is 0 Å².